The van der Waals surface area contributed by atoms with Gasteiger partial charge in [-0.1, -0.05) is 251 Å². The molecule has 382 valence electrons. The number of hydrogen-bond acceptors (Lipinski definition) is 6. The van der Waals surface area contributed by atoms with E-state index in [-0.39, 0.29) is 31.1 Å². The van der Waals surface area contributed by atoms with Gasteiger partial charge in [0.1, 0.15) is 13.2 Å². The summed E-state index contributed by atoms with van der Waals surface area (Å²) < 4.78 is 16.8. The molecule has 0 spiro atoms. The van der Waals surface area contributed by atoms with Crippen molar-refractivity contribution < 1.29 is 28.6 Å². The van der Waals surface area contributed by atoms with Crippen LogP contribution in [-0.2, 0) is 28.6 Å². The van der Waals surface area contributed by atoms with Crippen LogP contribution in [0.1, 0.15) is 220 Å². The normalized spacial score (nSPS) is 13.2. The summed E-state index contributed by atoms with van der Waals surface area (Å²) >= 11 is 0. The Balaban J connectivity index is 4.54. The minimum atomic E-state index is -0.812. The molecule has 0 aliphatic carbocycles. The van der Waals surface area contributed by atoms with Gasteiger partial charge in [0.15, 0.2) is 6.10 Å². The average Bonchev–Trinajstić information content (AvgIpc) is 3.34. The summed E-state index contributed by atoms with van der Waals surface area (Å²) in [6, 6.07) is 0. The zero-order valence-corrected chi connectivity index (χ0v) is 43.6. The Labute approximate surface area is 417 Å². The van der Waals surface area contributed by atoms with E-state index in [0.717, 1.165) is 96.3 Å². The number of ether oxygens (including phenoxy) is 3. The minimum Gasteiger partial charge on any atom is -0.462 e. The smallest absolute Gasteiger partial charge is 0.306 e. The predicted molar refractivity (Wildman–Crippen MR) is 292 cm³/mol. The first kappa shape index (κ1) is 63.5. The lowest BCUT2D eigenvalue weighted by Crippen LogP contribution is -2.30. The molecular formula is C62H98O6. The van der Waals surface area contributed by atoms with Crippen molar-refractivity contribution in [2.24, 2.45) is 0 Å². The monoisotopic (exact) mass is 939 g/mol. The van der Waals surface area contributed by atoms with E-state index in [1.807, 2.05) is 72.9 Å². The van der Waals surface area contributed by atoms with E-state index in [1.165, 1.54) is 83.5 Å². The molecule has 0 aliphatic heterocycles. The molecular weight excluding hydrogens is 841 g/mol. The van der Waals surface area contributed by atoms with Crippen molar-refractivity contribution >= 4 is 17.9 Å². The van der Waals surface area contributed by atoms with Crippen molar-refractivity contribution in [1.29, 1.82) is 0 Å². The van der Waals surface area contributed by atoms with Crippen LogP contribution in [0.4, 0.5) is 0 Å². The van der Waals surface area contributed by atoms with Crippen LogP contribution in [-0.4, -0.2) is 37.2 Å². The van der Waals surface area contributed by atoms with E-state index in [4.69, 9.17) is 14.2 Å². The molecule has 0 aliphatic rings. The van der Waals surface area contributed by atoms with Crippen molar-refractivity contribution in [2.75, 3.05) is 13.2 Å². The van der Waals surface area contributed by atoms with Crippen LogP contribution in [0.3, 0.4) is 0 Å². The summed E-state index contributed by atoms with van der Waals surface area (Å²) in [7, 11) is 0. The summed E-state index contributed by atoms with van der Waals surface area (Å²) in [4.78, 5) is 38.1. The SMILES string of the molecule is CC\C=C/C=C\C=C/C=C\C=C\C=C/C=C\CCCCCC(=O)OCC(COC(=O)CCCCCCCCC\C=C/C=C\C=C/CC)OC(=O)CCCCCCC/C=C\CCCCCCCCC. The Bertz CT molecular complexity index is 1500. The summed E-state index contributed by atoms with van der Waals surface area (Å²) in [5.74, 6) is -0.979. The molecule has 6 nitrogen and oxygen atoms in total. The molecule has 0 aromatic heterocycles. The summed E-state index contributed by atoms with van der Waals surface area (Å²) in [5.41, 5.74) is 0. The fourth-order valence-electron chi connectivity index (χ4n) is 7.07. The zero-order valence-electron chi connectivity index (χ0n) is 43.6. The van der Waals surface area contributed by atoms with Gasteiger partial charge >= 0.3 is 17.9 Å². The largest absolute Gasteiger partial charge is 0.462 e. The second-order valence-electron chi connectivity index (χ2n) is 17.6. The Morgan fingerprint density at radius 1 is 0.309 bits per heavy atom. The van der Waals surface area contributed by atoms with E-state index < -0.39 is 6.10 Å². The van der Waals surface area contributed by atoms with Gasteiger partial charge in [0.2, 0.25) is 0 Å². The van der Waals surface area contributed by atoms with Crippen LogP contribution in [0, 0.1) is 0 Å². The minimum absolute atomic E-state index is 0.107. The van der Waals surface area contributed by atoms with Gasteiger partial charge in [-0.05, 0) is 83.5 Å². The maximum Gasteiger partial charge on any atom is 0.306 e. The van der Waals surface area contributed by atoms with Crippen molar-refractivity contribution in [3.8, 4) is 0 Å². The van der Waals surface area contributed by atoms with Gasteiger partial charge < -0.3 is 14.2 Å². The number of unbranched alkanes of at least 4 members (excludes halogenated alkanes) is 22. The molecule has 0 bridgehead atoms. The van der Waals surface area contributed by atoms with Crippen LogP contribution in [0.5, 0.6) is 0 Å². The quantitative estimate of drug-likeness (QED) is 0.0199. The second-order valence-corrected chi connectivity index (χ2v) is 17.6. The highest BCUT2D eigenvalue weighted by Crippen LogP contribution is 2.14. The predicted octanol–water partition coefficient (Wildman–Crippen LogP) is 18.3. The molecule has 0 heterocycles. The summed E-state index contributed by atoms with van der Waals surface area (Å²) in [6.07, 6.45) is 77.1. The van der Waals surface area contributed by atoms with Crippen molar-refractivity contribution in [2.45, 2.75) is 226 Å². The molecule has 0 saturated carbocycles. The summed E-state index contributed by atoms with van der Waals surface area (Å²) in [5, 5.41) is 0. The highest BCUT2D eigenvalue weighted by Gasteiger charge is 2.19. The van der Waals surface area contributed by atoms with Gasteiger partial charge in [-0.3, -0.25) is 14.4 Å². The maximum atomic E-state index is 12.8. The molecule has 6 heteroatoms. The Hall–Kier alpha value is -4.45. The first-order chi connectivity index (χ1) is 33.5. The molecule has 0 N–H and O–H groups in total. The van der Waals surface area contributed by atoms with Crippen LogP contribution in [0.15, 0.2) is 134 Å². The van der Waals surface area contributed by atoms with E-state index in [2.05, 4.69) is 81.5 Å². The summed E-state index contributed by atoms with van der Waals surface area (Å²) in [6.45, 7) is 6.29. The van der Waals surface area contributed by atoms with Crippen LogP contribution in [0.2, 0.25) is 0 Å². The molecule has 1 unspecified atom stereocenters. The highest BCUT2D eigenvalue weighted by molar-refractivity contribution is 5.71. The molecule has 0 aromatic rings. The van der Waals surface area contributed by atoms with Gasteiger partial charge in [-0.25, -0.2) is 0 Å². The van der Waals surface area contributed by atoms with Crippen LogP contribution < -0.4 is 0 Å². The van der Waals surface area contributed by atoms with Gasteiger partial charge in [0, 0.05) is 19.3 Å². The standard InChI is InChI=1S/C62H98O6/c1-4-7-10-13-16-19-22-25-28-30-31-32-35-37-40-43-46-49-52-55-61(64)67-58-59(57-66-60(63)54-51-48-45-42-39-36-33-27-24-21-18-15-12-9-6-3)68-62(65)56-53-50-47-44-41-38-34-29-26-23-20-17-14-11-8-5-2/h7,9-10,12-13,15-16,18-19,21-22,24-25,28-32,34-35,37,40,59H,4-6,8,11,14,17,20,23,26-27,33,36,38-39,41-58H2,1-3H3/b10-7-,12-9-,16-13-,18-15-,22-19-,24-21-,28-25-,31-30+,34-29-,35-32-,40-37-. The van der Waals surface area contributed by atoms with Gasteiger partial charge in [-0.2, -0.15) is 0 Å². The first-order valence-corrected chi connectivity index (χ1v) is 27.3. The van der Waals surface area contributed by atoms with Crippen LogP contribution >= 0.6 is 0 Å². The topological polar surface area (TPSA) is 78.9 Å². The van der Waals surface area contributed by atoms with E-state index in [9.17, 15) is 14.4 Å². The lowest BCUT2D eigenvalue weighted by Gasteiger charge is -2.18. The fraction of sp³-hybridized carbons (Fsp3) is 0.597. The molecule has 0 amide bonds. The lowest BCUT2D eigenvalue weighted by molar-refractivity contribution is -0.167. The Morgan fingerprint density at radius 2 is 0.588 bits per heavy atom. The third-order valence-electron chi connectivity index (χ3n) is 11.1. The number of hydrogen-bond donors (Lipinski definition) is 0. The Kier molecular flexibility index (Phi) is 51.5. The molecule has 0 aromatic carbocycles. The molecule has 68 heavy (non-hydrogen) atoms. The van der Waals surface area contributed by atoms with Crippen molar-refractivity contribution in [1.82, 2.24) is 0 Å². The number of esters is 3. The number of allylic oxidation sites excluding steroid dienone is 22. The van der Waals surface area contributed by atoms with E-state index in [1.54, 1.807) is 0 Å². The van der Waals surface area contributed by atoms with Gasteiger partial charge in [-0.15, -0.1) is 0 Å². The lowest BCUT2D eigenvalue weighted by atomic mass is 10.1. The van der Waals surface area contributed by atoms with Crippen molar-refractivity contribution in [3.63, 3.8) is 0 Å². The fourth-order valence-corrected chi connectivity index (χ4v) is 7.07. The third-order valence-corrected chi connectivity index (χ3v) is 11.1. The molecule has 0 rings (SSSR count). The van der Waals surface area contributed by atoms with Crippen molar-refractivity contribution in [3.05, 3.63) is 134 Å². The zero-order chi connectivity index (χ0) is 49.3. The first-order valence-electron chi connectivity index (χ1n) is 27.3. The van der Waals surface area contributed by atoms with E-state index in [0.29, 0.717) is 19.3 Å². The maximum absolute atomic E-state index is 12.8. The van der Waals surface area contributed by atoms with Gasteiger partial charge in [0.05, 0.1) is 0 Å². The number of carbonyl (C=O) groups is 3. The number of carbonyl (C=O) groups excluding carboxylic acids is 3. The van der Waals surface area contributed by atoms with Gasteiger partial charge in [0.25, 0.3) is 0 Å². The number of rotatable bonds is 47. The van der Waals surface area contributed by atoms with E-state index >= 15 is 0 Å². The Morgan fingerprint density at radius 3 is 0.956 bits per heavy atom. The van der Waals surface area contributed by atoms with Crippen LogP contribution in [0.25, 0.3) is 0 Å². The molecule has 0 radical (unpaired) electrons. The molecule has 0 saturated heterocycles. The molecule has 1 atom stereocenters. The second kappa shape index (κ2) is 55.1. The third kappa shape index (κ3) is 52.5. The average molecular weight is 939 g/mol. The highest BCUT2D eigenvalue weighted by atomic mass is 16.6. The molecule has 0 fully saturated rings.